The summed E-state index contributed by atoms with van der Waals surface area (Å²) in [6, 6.07) is 7.51. The molecule has 0 radical (unpaired) electrons. The molecular formula is C15H22N2. The van der Waals surface area contributed by atoms with Crippen LogP contribution in [-0.4, -0.2) is 19.1 Å². The Balaban J connectivity index is 1.87. The molecule has 2 aliphatic heterocycles. The standard InChI is InChI=1S/C15H22N2/c1-3-12-6-7-17-13(9-12)10-16-14-8-11(2)4-5-15(14)17/h4-5,8,12-13,16H,3,6-7,9-10H2,1-2H3. The minimum Gasteiger partial charge on any atom is -0.381 e. The average Bonchev–Trinajstić information content (AvgIpc) is 2.37. The lowest BCUT2D eigenvalue weighted by molar-refractivity contribution is 0.336. The predicted octanol–water partition coefficient (Wildman–Crippen LogP) is 3.42. The second-order valence-corrected chi connectivity index (χ2v) is 5.55. The summed E-state index contributed by atoms with van der Waals surface area (Å²) >= 11 is 0. The normalized spacial score (nSPS) is 27.1. The molecule has 1 fully saturated rings. The molecule has 2 heteroatoms. The van der Waals surface area contributed by atoms with E-state index in [1.54, 1.807) is 0 Å². The van der Waals surface area contributed by atoms with Crippen LogP contribution in [0.4, 0.5) is 11.4 Å². The molecule has 0 saturated carbocycles. The maximum Gasteiger partial charge on any atom is 0.0605 e. The highest BCUT2D eigenvalue weighted by Crippen LogP contribution is 2.37. The Bertz CT molecular complexity index is 413. The first-order valence-corrected chi connectivity index (χ1v) is 6.89. The molecule has 0 amide bonds. The highest BCUT2D eigenvalue weighted by molar-refractivity contribution is 5.73. The van der Waals surface area contributed by atoms with E-state index in [-0.39, 0.29) is 0 Å². The molecule has 0 bridgehead atoms. The molecule has 0 aliphatic carbocycles. The van der Waals surface area contributed by atoms with Gasteiger partial charge in [-0.25, -0.2) is 0 Å². The smallest absolute Gasteiger partial charge is 0.0605 e. The molecule has 2 aliphatic rings. The van der Waals surface area contributed by atoms with Crippen molar-refractivity contribution in [2.45, 2.75) is 39.2 Å². The molecule has 0 spiro atoms. The Hall–Kier alpha value is -1.18. The van der Waals surface area contributed by atoms with Crippen LogP contribution in [0.25, 0.3) is 0 Å². The van der Waals surface area contributed by atoms with E-state index in [9.17, 15) is 0 Å². The fourth-order valence-electron chi connectivity index (χ4n) is 3.29. The van der Waals surface area contributed by atoms with E-state index in [0.29, 0.717) is 6.04 Å². The number of anilines is 2. The van der Waals surface area contributed by atoms with Gasteiger partial charge in [-0.05, 0) is 43.4 Å². The van der Waals surface area contributed by atoms with Gasteiger partial charge >= 0.3 is 0 Å². The third-order valence-electron chi connectivity index (χ3n) is 4.39. The van der Waals surface area contributed by atoms with Crippen LogP contribution in [0.3, 0.4) is 0 Å². The number of piperidine rings is 1. The Morgan fingerprint density at radius 1 is 1.41 bits per heavy atom. The molecule has 1 aromatic carbocycles. The van der Waals surface area contributed by atoms with E-state index >= 15 is 0 Å². The summed E-state index contributed by atoms with van der Waals surface area (Å²) in [4.78, 5) is 2.62. The minimum absolute atomic E-state index is 0.712. The summed E-state index contributed by atoms with van der Waals surface area (Å²) in [5.74, 6) is 0.935. The van der Waals surface area contributed by atoms with Crippen LogP contribution in [0, 0.1) is 12.8 Å². The van der Waals surface area contributed by atoms with Crippen molar-refractivity contribution in [3.05, 3.63) is 23.8 Å². The van der Waals surface area contributed by atoms with Crippen LogP contribution < -0.4 is 10.2 Å². The van der Waals surface area contributed by atoms with E-state index in [2.05, 4.69) is 42.3 Å². The van der Waals surface area contributed by atoms with Crippen molar-refractivity contribution in [2.75, 3.05) is 23.3 Å². The lowest BCUT2D eigenvalue weighted by atomic mass is 9.87. The van der Waals surface area contributed by atoms with Gasteiger partial charge < -0.3 is 10.2 Å². The van der Waals surface area contributed by atoms with Crippen LogP contribution >= 0.6 is 0 Å². The zero-order chi connectivity index (χ0) is 11.8. The average molecular weight is 230 g/mol. The monoisotopic (exact) mass is 230 g/mol. The Morgan fingerprint density at radius 2 is 2.29 bits per heavy atom. The molecule has 2 unspecified atom stereocenters. The molecule has 17 heavy (non-hydrogen) atoms. The number of hydrogen-bond acceptors (Lipinski definition) is 2. The molecule has 1 saturated heterocycles. The summed E-state index contributed by atoms with van der Waals surface area (Å²) in [7, 11) is 0. The zero-order valence-corrected chi connectivity index (χ0v) is 10.9. The van der Waals surface area contributed by atoms with Crippen LogP contribution in [0.1, 0.15) is 31.7 Å². The maximum absolute atomic E-state index is 3.61. The summed E-state index contributed by atoms with van der Waals surface area (Å²) < 4.78 is 0. The highest BCUT2D eigenvalue weighted by atomic mass is 15.2. The molecular weight excluding hydrogens is 208 g/mol. The maximum atomic E-state index is 3.61. The van der Waals surface area contributed by atoms with Crippen LogP contribution in [0.5, 0.6) is 0 Å². The number of benzene rings is 1. The summed E-state index contributed by atoms with van der Waals surface area (Å²) in [5, 5.41) is 3.61. The molecule has 2 atom stereocenters. The first kappa shape index (κ1) is 10.9. The van der Waals surface area contributed by atoms with E-state index in [4.69, 9.17) is 0 Å². The summed E-state index contributed by atoms with van der Waals surface area (Å²) in [6.45, 7) is 6.85. The molecule has 1 aromatic rings. The molecule has 92 valence electrons. The van der Waals surface area contributed by atoms with Gasteiger partial charge in [0.05, 0.1) is 11.4 Å². The van der Waals surface area contributed by atoms with Crippen molar-refractivity contribution >= 4 is 11.4 Å². The second kappa shape index (κ2) is 4.25. The highest BCUT2D eigenvalue weighted by Gasteiger charge is 2.31. The minimum atomic E-state index is 0.712. The van der Waals surface area contributed by atoms with E-state index in [1.165, 1.54) is 42.7 Å². The third kappa shape index (κ3) is 1.90. The van der Waals surface area contributed by atoms with E-state index in [0.717, 1.165) is 12.5 Å². The largest absolute Gasteiger partial charge is 0.381 e. The number of aryl methyl sites for hydroxylation is 1. The van der Waals surface area contributed by atoms with Gasteiger partial charge in [0.25, 0.3) is 0 Å². The summed E-state index contributed by atoms with van der Waals surface area (Å²) in [6.07, 6.45) is 4.06. The van der Waals surface area contributed by atoms with Crippen molar-refractivity contribution in [1.29, 1.82) is 0 Å². The van der Waals surface area contributed by atoms with Crippen LogP contribution in [-0.2, 0) is 0 Å². The molecule has 2 heterocycles. The zero-order valence-electron chi connectivity index (χ0n) is 10.9. The third-order valence-corrected chi connectivity index (χ3v) is 4.39. The second-order valence-electron chi connectivity index (χ2n) is 5.55. The first-order valence-electron chi connectivity index (χ1n) is 6.89. The molecule has 2 nitrogen and oxygen atoms in total. The van der Waals surface area contributed by atoms with Gasteiger partial charge in [-0.2, -0.15) is 0 Å². The van der Waals surface area contributed by atoms with Gasteiger partial charge in [0.1, 0.15) is 0 Å². The first-order chi connectivity index (χ1) is 8.28. The van der Waals surface area contributed by atoms with Crippen molar-refractivity contribution < 1.29 is 0 Å². The molecule has 0 aromatic heterocycles. The quantitative estimate of drug-likeness (QED) is 0.795. The Labute approximate surface area is 104 Å². The molecule has 1 N–H and O–H groups in total. The van der Waals surface area contributed by atoms with Gasteiger partial charge in [0.2, 0.25) is 0 Å². The Kier molecular flexibility index (Phi) is 2.73. The topological polar surface area (TPSA) is 15.3 Å². The van der Waals surface area contributed by atoms with Gasteiger partial charge in [-0.1, -0.05) is 19.4 Å². The predicted molar refractivity (Wildman–Crippen MR) is 73.8 cm³/mol. The SMILES string of the molecule is CCC1CCN2c3ccc(C)cc3NCC2C1. The van der Waals surface area contributed by atoms with Crippen LogP contribution in [0.15, 0.2) is 18.2 Å². The number of rotatable bonds is 1. The van der Waals surface area contributed by atoms with Crippen molar-refractivity contribution in [1.82, 2.24) is 0 Å². The van der Waals surface area contributed by atoms with Gasteiger partial charge in [0, 0.05) is 19.1 Å². The molecule has 3 rings (SSSR count). The van der Waals surface area contributed by atoms with Gasteiger partial charge in [-0.3, -0.25) is 0 Å². The van der Waals surface area contributed by atoms with Crippen molar-refractivity contribution in [3.8, 4) is 0 Å². The number of hydrogen-bond donors (Lipinski definition) is 1. The van der Waals surface area contributed by atoms with Crippen molar-refractivity contribution in [3.63, 3.8) is 0 Å². The van der Waals surface area contributed by atoms with Crippen molar-refractivity contribution in [2.24, 2.45) is 5.92 Å². The fourth-order valence-corrected chi connectivity index (χ4v) is 3.29. The van der Waals surface area contributed by atoms with E-state index < -0.39 is 0 Å². The number of fused-ring (bicyclic) bond motifs is 3. The lowest BCUT2D eigenvalue weighted by Crippen LogP contribution is -2.49. The Morgan fingerprint density at radius 3 is 3.12 bits per heavy atom. The number of nitrogens with one attached hydrogen (secondary N) is 1. The lowest BCUT2D eigenvalue weighted by Gasteiger charge is -2.45. The fraction of sp³-hybridized carbons (Fsp3) is 0.600. The van der Waals surface area contributed by atoms with E-state index in [1.807, 2.05) is 0 Å². The number of nitrogens with zero attached hydrogens (tertiary/aromatic N) is 1. The summed E-state index contributed by atoms with van der Waals surface area (Å²) in [5.41, 5.74) is 4.09. The van der Waals surface area contributed by atoms with Crippen LogP contribution in [0.2, 0.25) is 0 Å². The van der Waals surface area contributed by atoms with Gasteiger partial charge in [-0.15, -0.1) is 0 Å². The van der Waals surface area contributed by atoms with Gasteiger partial charge in [0.15, 0.2) is 0 Å².